The molecule has 198 valence electrons. The van der Waals surface area contributed by atoms with Gasteiger partial charge < -0.3 is 15.2 Å². The topological polar surface area (TPSA) is 47.2 Å². The third kappa shape index (κ3) is 4.83. The number of fused-ring (bicyclic) bond motifs is 4. The van der Waals surface area contributed by atoms with Crippen LogP contribution in [0.3, 0.4) is 0 Å². The van der Waals surface area contributed by atoms with Crippen molar-refractivity contribution in [2.45, 2.75) is 63.3 Å². The average Bonchev–Trinajstić information content (AvgIpc) is 3.43. The van der Waals surface area contributed by atoms with E-state index in [0.29, 0.717) is 18.5 Å². The minimum Gasteiger partial charge on any atom is -0.380 e. The van der Waals surface area contributed by atoms with Gasteiger partial charge in [-0.15, -0.1) is 0 Å². The summed E-state index contributed by atoms with van der Waals surface area (Å²) in [7, 11) is 0. The van der Waals surface area contributed by atoms with E-state index in [1.165, 1.54) is 16.0 Å². The third-order valence-electron chi connectivity index (χ3n) is 8.27. The summed E-state index contributed by atoms with van der Waals surface area (Å²) in [6.45, 7) is 3.14. The van der Waals surface area contributed by atoms with E-state index in [9.17, 15) is 17.6 Å². The van der Waals surface area contributed by atoms with E-state index in [1.807, 2.05) is 19.1 Å². The number of hydrogen-bond acceptors (Lipinski definition) is 4. The molecule has 0 bridgehead atoms. The quantitative estimate of drug-likeness (QED) is 0.414. The second kappa shape index (κ2) is 9.58. The monoisotopic (exact) mass is 515 g/mol. The summed E-state index contributed by atoms with van der Waals surface area (Å²) in [4.78, 5) is 12.0. The fourth-order valence-corrected chi connectivity index (χ4v) is 6.35. The number of nitrogens with one attached hydrogen (secondary N) is 2. The molecule has 0 saturated carbocycles. The van der Waals surface area contributed by atoms with Crippen molar-refractivity contribution in [2.75, 3.05) is 38.2 Å². The maximum absolute atomic E-state index is 13.7. The highest BCUT2D eigenvalue weighted by molar-refractivity contribution is 5.87. The lowest BCUT2D eigenvalue weighted by Gasteiger charge is -2.40. The lowest BCUT2D eigenvalue weighted by molar-refractivity contribution is -0.155. The molecule has 3 aliphatic rings. The Hall–Kier alpha value is -2.65. The van der Waals surface area contributed by atoms with Gasteiger partial charge in [-0.3, -0.25) is 14.3 Å². The molecule has 1 saturated heterocycles. The number of aryl methyl sites for hydroxylation is 2. The Morgan fingerprint density at radius 3 is 2.68 bits per heavy atom. The molecule has 5 nitrogen and oxygen atoms in total. The van der Waals surface area contributed by atoms with Crippen LogP contribution in [0.15, 0.2) is 30.5 Å². The van der Waals surface area contributed by atoms with Gasteiger partial charge in [-0.2, -0.15) is 13.2 Å². The first-order valence-electron chi connectivity index (χ1n) is 13.3. The van der Waals surface area contributed by atoms with Crippen LogP contribution in [-0.2, 0) is 19.3 Å². The van der Waals surface area contributed by atoms with Gasteiger partial charge in [-0.05, 0) is 80.0 Å². The third-order valence-corrected chi connectivity index (χ3v) is 8.27. The number of rotatable bonds is 7. The number of pyridine rings is 1. The molecule has 1 fully saturated rings. The van der Waals surface area contributed by atoms with Crippen molar-refractivity contribution in [3.05, 3.63) is 58.5 Å². The molecular weight excluding hydrogens is 482 g/mol. The Morgan fingerprint density at radius 2 is 1.97 bits per heavy atom. The van der Waals surface area contributed by atoms with Crippen LogP contribution >= 0.6 is 0 Å². The standard InChI is InChI=1S/C28H33F4N5/c1-17-11-23-22-12-18-3-4-19(18)13-25(22)35-26(23)27(37(17)16-28(30,31)32)24-6-5-20(14-33-24)34-21-7-10-36(15-21)9-2-8-29/h5-6,12-14,17,21,27,34-35H,2-4,7-11,15-16H2,1H3. The highest BCUT2D eigenvalue weighted by Gasteiger charge is 2.42. The summed E-state index contributed by atoms with van der Waals surface area (Å²) in [5, 5.41) is 4.63. The zero-order valence-electron chi connectivity index (χ0n) is 21.0. The molecule has 9 heteroatoms. The Balaban J connectivity index is 1.29. The van der Waals surface area contributed by atoms with Gasteiger partial charge in [0.1, 0.15) is 0 Å². The number of aromatic nitrogens is 2. The molecule has 2 aromatic heterocycles. The van der Waals surface area contributed by atoms with Gasteiger partial charge in [0.05, 0.1) is 36.8 Å². The van der Waals surface area contributed by atoms with Gasteiger partial charge in [0.25, 0.3) is 0 Å². The summed E-state index contributed by atoms with van der Waals surface area (Å²) in [6.07, 6.45) is 1.63. The fourth-order valence-electron chi connectivity index (χ4n) is 6.35. The van der Waals surface area contributed by atoms with Crippen LogP contribution in [0, 0.1) is 0 Å². The lowest BCUT2D eigenvalue weighted by atomic mass is 9.85. The number of halogens is 4. The second-order valence-electron chi connectivity index (χ2n) is 10.9. The van der Waals surface area contributed by atoms with Crippen LogP contribution in [0.25, 0.3) is 10.9 Å². The molecule has 1 aromatic carbocycles. The van der Waals surface area contributed by atoms with Crippen molar-refractivity contribution in [3.63, 3.8) is 0 Å². The number of anilines is 1. The van der Waals surface area contributed by atoms with E-state index in [4.69, 9.17) is 0 Å². The first kappa shape index (κ1) is 24.7. The van der Waals surface area contributed by atoms with Crippen molar-refractivity contribution in [2.24, 2.45) is 0 Å². The normalized spacial score (nSPS) is 24.2. The smallest absolute Gasteiger partial charge is 0.380 e. The SMILES string of the molecule is CC1Cc2c([nH]c3cc4c(cc23)CC4)C(c2ccc(NC3CCN(CCCF)C3)cn2)N1CC(F)(F)F. The Bertz CT molecular complexity index is 1270. The van der Waals surface area contributed by atoms with Gasteiger partial charge >= 0.3 is 6.18 Å². The molecule has 3 unspecified atom stereocenters. The van der Waals surface area contributed by atoms with Crippen molar-refractivity contribution in [1.29, 1.82) is 0 Å². The van der Waals surface area contributed by atoms with Gasteiger partial charge in [-0.25, -0.2) is 0 Å². The number of H-pyrrole nitrogens is 1. The molecule has 2 N–H and O–H groups in total. The predicted octanol–water partition coefficient (Wildman–Crippen LogP) is 5.41. The summed E-state index contributed by atoms with van der Waals surface area (Å²) in [5.41, 5.74) is 7.08. The van der Waals surface area contributed by atoms with E-state index in [1.54, 1.807) is 6.20 Å². The van der Waals surface area contributed by atoms with Crippen LogP contribution in [0.4, 0.5) is 23.2 Å². The first-order valence-corrected chi connectivity index (χ1v) is 13.3. The number of alkyl halides is 4. The van der Waals surface area contributed by atoms with Crippen LogP contribution < -0.4 is 5.32 Å². The van der Waals surface area contributed by atoms with E-state index < -0.39 is 18.8 Å². The summed E-state index contributed by atoms with van der Waals surface area (Å²) >= 11 is 0. The lowest BCUT2D eigenvalue weighted by Crippen LogP contribution is -2.47. The number of nitrogens with zero attached hydrogens (tertiary/aromatic N) is 3. The first-order chi connectivity index (χ1) is 17.8. The number of likely N-dealkylation sites (tertiary alicyclic amines) is 1. The predicted molar refractivity (Wildman–Crippen MR) is 137 cm³/mol. The van der Waals surface area contributed by atoms with Crippen molar-refractivity contribution >= 4 is 16.6 Å². The van der Waals surface area contributed by atoms with Gasteiger partial charge in [-0.1, -0.05) is 0 Å². The maximum Gasteiger partial charge on any atom is 0.401 e. The van der Waals surface area contributed by atoms with Crippen LogP contribution in [0.5, 0.6) is 0 Å². The minimum atomic E-state index is -4.31. The molecule has 0 radical (unpaired) electrons. The summed E-state index contributed by atoms with van der Waals surface area (Å²) < 4.78 is 53.6. The molecule has 4 heterocycles. The van der Waals surface area contributed by atoms with Crippen LogP contribution in [-0.4, -0.2) is 70.9 Å². The van der Waals surface area contributed by atoms with E-state index in [0.717, 1.165) is 66.7 Å². The second-order valence-corrected chi connectivity index (χ2v) is 10.9. The molecule has 6 rings (SSSR count). The summed E-state index contributed by atoms with van der Waals surface area (Å²) in [6, 6.07) is 7.54. The Labute approximate surface area is 214 Å². The molecule has 37 heavy (non-hydrogen) atoms. The molecule has 3 atom stereocenters. The van der Waals surface area contributed by atoms with Gasteiger partial charge in [0, 0.05) is 48.3 Å². The number of aromatic amines is 1. The fraction of sp³-hybridized carbons (Fsp3) is 0.536. The maximum atomic E-state index is 13.7. The summed E-state index contributed by atoms with van der Waals surface area (Å²) in [5.74, 6) is 0. The van der Waals surface area contributed by atoms with Crippen molar-refractivity contribution < 1.29 is 17.6 Å². The average molecular weight is 516 g/mol. The Kier molecular flexibility index (Phi) is 6.39. The molecule has 3 aromatic rings. The van der Waals surface area contributed by atoms with E-state index in [-0.39, 0.29) is 18.8 Å². The highest BCUT2D eigenvalue weighted by atomic mass is 19.4. The highest BCUT2D eigenvalue weighted by Crippen LogP contribution is 2.43. The molecule has 0 spiro atoms. The van der Waals surface area contributed by atoms with Crippen LogP contribution in [0.1, 0.15) is 53.9 Å². The molecule has 0 amide bonds. The number of hydrogen-bond donors (Lipinski definition) is 2. The van der Waals surface area contributed by atoms with E-state index >= 15 is 0 Å². The van der Waals surface area contributed by atoms with Crippen LogP contribution in [0.2, 0.25) is 0 Å². The number of benzene rings is 1. The van der Waals surface area contributed by atoms with E-state index in [2.05, 4.69) is 32.3 Å². The zero-order chi connectivity index (χ0) is 25.7. The molecule has 1 aliphatic carbocycles. The van der Waals surface area contributed by atoms with Crippen molar-refractivity contribution in [3.8, 4) is 0 Å². The van der Waals surface area contributed by atoms with Gasteiger partial charge in [0.2, 0.25) is 0 Å². The zero-order valence-corrected chi connectivity index (χ0v) is 21.0. The molecule has 2 aliphatic heterocycles. The Morgan fingerprint density at radius 1 is 1.16 bits per heavy atom. The largest absolute Gasteiger partial charge is 0.401 e. The van der Waals surface area contributed by atoms with Crippen molar-refractivity contribution in [1.82, 2.24) is 19.8 Å². The van der Waals surface area contributed by atoms with Gasteiger partial charge in [0.15, 0.2) is 0 Å². The molecular formula is C28H33F4N5. The minimum absolute atomic E-state index is 0.252.